The summed E-state index contributed by atoms with van der Waals surface area (Å²) in [6.07, 6.45) is 0. The standard InChI is InChI=1S/C23H22N2O4S2/c1-13-9-19(27-3)20(28-4)10-17(13)25-22(26)21-16(12-31-23-24-14(2)11-30-23)15-7-5-6-8-18(15)29-21/h5-11H,12H2,1-4H3,(H,25,26). The number of para-hydroxylation sites is 1. The van der Waals surface area contributed by atoms with Crippen LogP contribution in [0.15, 0.2) is 50.5 Å². The van der Waals surface area contributed by atoms with Crippen LogP contribution in [0.25, 0.3) is 11.0 Å². The van der Waals surface area contributed by atoms with E-state index in [4.69, 9.17) is 13.9 Å². The quantitative estimate of drug-likeness (QED) is 0.342. The molecule has 0 aliphatic rings. The summed E-state index contributed by atoms with van der Waals surface area (Å²) in [6, 6.07) is 11.3. The van der Waals surface area contributed by atoms with Crippen LogP contribution in [0.1, 0.15) is 27.4 Å². The normalized spacial score (nSPS) is 11.0. The van der Waals surface area contributed by atoms with Crippen molar-refractivity contribution in [2.45, 2.75) is 23.9 Å². The smallest absolute Gasteiger partial charge is 0.291 e. The number of benzene rings is 2. The number of ether oxygens (including phenoxy) is 2. The molecule has 0 fully saturated rings. The van der Waals surface area contributed by atoms with Gasteiger partial charge in [-0.2, -0.15) is 0 Å². The zero-order chi connectivity index (χ0) is 22.0. The number of hydrogen-bond donors (Lipinski definition) is 1. The minimum Gasteiger partial charge on any atom is -0.493 e. The molecule has 2 aromatic heterocycles. The Morgan fingerprint density at radius 3 is 2.61 bits per heavy atom. The highest BCUT2D eigenvalue weighted by molar-refractivity contribution is 8.00. The van der Waals surface area contributed by atoms with Crippen LogP contribution in [0.3, 0.4) is 0 Å². The van der Waals surface area contributed by atoms with Gasteiger partial charge < -0.3 is 19.2 Å². The third kappa shape index (κ3) is 4.40. The van der Waals surface area contributed by atoms with Gasteiger partial charge in [0.15, 0.2) is 17.3 Å². The number of nitrogens with one attached hydrogen (secondary N) is 1. The topological polar surface area (TPSA) is 73.6 Å². The summed E-state index contributed by atoms with van der Waals surface area (Å²) in [5.41, 5.74) is 4.02. The predicted octanol–water partition coefficient (Wildman–Crippen LogP) is 6.07. The molecule has 2 aromatic carbocycles. The Kier molecular flexibility index (Phi) is 6.20. The molecule has 31 heavy (non-hydrogen) atoms. The number of carbonyl (C=O) groups excluding carboxylic acids is 1. The summed E-state index contributed by atoms with van der Waals surface area (Å²) in [5.74, 6) is 1.73. The second kappa shape index (κ2) is 9.03. The maximum atomic E-state index is 13.2. The molecule has 1 N–H and O–H groups in total. The fraction of sp³-hybridized carbons (Fsp3) is 0.217. The molecule has 0 saturated heterocycles. The van der Waals surface area contributed by atoms with Crippen LogP contribution in [0.2, 0.25) is 0 Å². The number of aryl methyl sites for hydroxylation is 2. The van der Waals surface area contributed by atoms with Gasteiger partial charge >= 0.3 is 0 Å². The summed E-state index contributed by atoms with van der Waals surface area (Å²) < 4.78 is 17.6. The van der Waals surface area contributed by atoms with Gasteiger partial charge in [-0.1, -0.05) is 30.0 Å². The third-order valence-electron chi connectivity index (χ3n) is 4.82. The molecule has 4 aromatic rings. The molecule has 0 saturated carbocycles. The number of fused-ring (bicyclic) bond motifs is 1. The second-order valence-corrected chi connectivity index (χ2v) is 9.01. The average Bonchev–Trinajstić information content (AvgIpc) is 3.36. The first kappa shape index (κ1) is 21.3. The van der Waals surface area contributed by atoms with Crippen molar-refractivity contribution in [1.29, 1.82) is 0 Å². The van der Waals surface area contributed by atoms with Crippen molar-refractivity contribution in [2.75, 3.05) is 19.5 Å². The van der Waals surface area contributed by atoms with Gasteiger partial charge in [0.1, 0.15) is 9.92 Å². The van der Waals surface area contributed by atoms with Crippen LogP contribution in [0, 0.1) is 13.8 Å². The second-order valence-electron chi connectivity index (χ2n) is 6.93. The van der Waals surface area contributed by atoms with Gasteiger partial charge in [-0.25, -0.2) is 4.98 Å². The van der Waals surface area contributed by atoms with Crippen LogP contribution in [-0.2, 0) is 5.75 Å². The van der Waals surface area contributed by atoms with Gasteiger partial charge in [-0.3, -0.25) is 4.79 Å². The fourth-order valence-electron chi connectivity index (χ4n) is 3.25. The van der Waals surface area contributed by atoms with E-state index in [9.17, 15) is 4.79 Å². The summed E-state index contributed by atoms with van der Waals surface area (Å²) in [7, 11) is 3.14. The molecule has 4 rings (SSSR count). The number of rotatable bonds is 7. The van der Waals surface area contributed by atoms with Gasteiger partial charge in [-0.15, -0.1) is 11.3 Å². The number of anilines is 1. The zero-order valence-electron chi connectivity index (χ0n) is 17.6. The summed E-state index contributed by atoms with van der Waals surface area (Å²) in [6.45, 7) is 3.87. The van der Waals surface area contributed by atoms with Crippen molar-refractivity contribution in [3.63, 3.8) is 0 Å². The van der Waals surface area contributed by atoms with E-state index in [-0.39, 0.29) is 5.91 Å². The van der Waals surface area contributed by atoms with Crippen molar-refractivity contribution in [3.8, 4) is 11.5 Å². The van der Waals surface area contributed by atoms with Crippen molar-refractivity contribution >= 4 is 45.7 Å². The SMILES string of the molecule is COc1cc(C)c(NC(=O)c2oc3ccccc3c2CSc2nc(C)cs2)cc1OC. The number of carbonyl (C=O) groups is 1. The predicted molar refractivity (Wildman–Crippen MR) is 125 cm³/mol. The maximum absolute atomic E-state index is 13.2. The molecule has 8 heteroatoms. The van der Waals surface area contributed by atoms with Crippen molar-refractivity contribution in [1.82, 2.24) is 4.98 Å². The molecule has 0 bridgehead atoms. The molecule has 0 unspecified atom stereocenters. The summed E-state index contributed by atoms with van der Waals surface area (Å²) >= 11 is 3.19. The van der Waals surface area contributed by atoms with Crippen molar-refractivity contribution in [3.05, 3.63) is 64.4 Å². The first-order valence-electron chi connectivity index (χ1n) is 9.59. The number of hydrogen-bond acceptors (Lipinski definition) is 7. The third-order valence-corrected chi connectivity index (χ3v) is 6.99. The number of amides is 1. The lowest BCUT2D eigenvalue weighted by molar-refractivity contribution is 0.0997. The van der Waals surface area contributed by atoms with Gasteiger partial charge in [0.05, 0.1) is 14.2 Å². The monoisotopic (exact) mass is 454 g/mol. The highest BCUT2D eigenvalue weighted by Gasteiger charge is 2.22. The van der Waals surface area contributed by atoms with Gasteiger partial charge in [-0.05, 0) is 31.5 Å². The fourth-order valence-corrected chi connectivity index (χ4v) is 5.13. The highest BCUT2D eigenvalue weighted by atomic mass is 32.2. The average molecular weight is 455 g/mol. The molecule has 1 amide bonds. The lowest BCUT2D eigenvalue weighted by Gasteiger charge is -2.13. The van der Waals surface area contributed by atoms with Crippen LogP contribution < -0.4 is 14.8 Å². The first-order chi connectivity index (χ1) is 15.0. The number of aromatic nitrogens is 1. The van der Waals surface area contributed by atoms with E-state index in [0.29, 0.717) is 34.3 Å². The zero-order valence-corrected chi connectivity index (χ0v) is 19.3. The number of nitrogens with zero attached hydrogens (tertiary/aromatic N) is 1. The number of furan rings is 1. The Labute approximate surface area is 188 Å². The molecule has 2 heterocycles. The largest absolute Gasteiger partial charge is 0.493 e. The molecule has 0 radical (unpaired) electrons. The Hall–Kier alpha value is -2.97. The highest BCUT2D eigenvalue weighted by Crippen LogP contribution is 2.35. The Morgan fingerprint density at radius 2 is 1.90 bits per heavy atom. The van der Waals surface area contributed by atoms with Gasteiger partial charge in [0.25, 0.3) is 5.91 Å². The van der Waals surface area contributed by atoms with Crippen LogP contribution in [0.4, 0.5) is 5.69 Å². The van der Waals surface area contributed by atoms with Crippen LogP contribution >= 0.6 is 23.1 Å². The molecular weight excluding hydrogens is 432 g/mol. The number of methoxy groups -OCH3 is 2. The van der Waals surface area contributed by atoms with E-state index in [0.717, 1.165) is 26.5 Å². The molecule has 6 nitrogen and oxygen atoms in total. The van der Waals surface area contributed by atoms with E-state index in [1.54, 1.807) is 43.4 Å². The van der Waals surface area contributed by atoms with E-state index in [1.807, 2.05) is 49.6 Å². The van der Waals surface area contributed by atoms with E-state index in [1.165, 1.54) is 0 Å². The number of thiazole rings is 1. The minimum absolute atomic E-state index is 0.302. The van der Waals surface area contributed by atoms with Crippen LogP contribution in [-0.4, -0.2) is 25.1 Å². The van der Waals surface area contributed by atoms with E-state index >= 15 is 0 Å². The molecule has 0 aliphatic carbocycles. The molecule has 160 valence electrons. The molecule has 0 atom stereocenters. The van der Waals surface area contributed by atoms with Crippen molar-refractivity contribution in [2.24, 2.45) is 0 Å². The summed E-state index contributed by atoms with van der Waals surface area (Å²) in [4.78, 5) is 17.7. The maximum Gasteiger partial charge on any atom is 0.291 e. The molecule has 0 spiro atoms. The Balaban J connectivity index is 1.66. The van der Waals surface area contributed by atoms with E-state index < -0.39 is 0 Å². The van der Waals surface area contributed by atoms with Crippen molar-refractivity contribution < 1.29 is 18.7 Å². The minimum atomic E-state index is -0.308. The van der Waals surface area contributed by atoms with E-state index in [2.05, 4.69) is 10.3 Å². The first-order valence-corrected chi connectivity index (χ1v) is 11.5. The molecule has 0 aliphatic heterocycles. The number of thioether (sulfide) groups is 1. The van der Waals surface area contributed by atoms with Crippen LogP contribution in [0.5, 0.6) is 11.5 Å². The van der Waals surface area contributed by atoms with Gasteiger partial charge in [0, 0.05) is 39.5 Å². The summed E-state index contributed by atoms with van der Waals surface area (Å²) in [5, 5.41) is 5.91. The molecular formula is C23H22N2O4S2. The lowest BCUT2D eigenvalue weighted by Crippen LogP contribution is -2.14. The lowest BCUT2D eigenvalue weighted by atomic mass is 10.1. The van der Waals surface area contributed by atoms with Gasteiger partial charge in [0.2, 0.25) is 0 Å². The Bertz CT molecular complexity index is 1250. The Morgan fingerprint density at radius 1 is 1.16 bits per heavy atom.